The summed E-state index contributed by atoms with van der Waals surface area (Å²) in [6.45, 7) is 4.37. The number of hydrogen-bond donors (Lipinski definition) is 1. The first-order valence-electron chi connectivity index (χ1n) is 9.21. The van der Waals surface area contributed by atoms with Crippen molar-refractivity contribution in [1.29, 1.82) is 0 Å². The second-order valence-electron chi connectivity index (χ2n) is 7.72. The largest absolute Gasteiger partial charge is 0.399 e. The zero-order valence-corrected chi connectivity index (χ0v) is 14.6. The molecule has 2 aromatic carbocycles. The Balaban J connectivity index is 1.44. The van der Waals surface area contributed by atoms with Crippen molar-refractivity contribution in [2.24, 2.45) is 5.92 Å². The van der Waals surface area contributed by atoms with Crippen molar-refractivity contribution >= 4 is 16.6 Å². The van der Waals surface area contributed by atoms with Crippen LogP contribution in [-0.2, 0) is 6.54 Å². The van der Waals surface area contributed by atoms with E-state index in [1.54, 1.807) is 0 Å². The summed E-state index contributed by atoms with van der Waals surface area (Å²) in [4.78, 5) is 2.66. The first-order valence-corrected chi connectivity index (χ1v) is 9.21. The summed E-state index contributed by atoms with van der Waals surface area (Å²) in [6.07, 6.45) is 4.56. The molecule has 0 radical (unpaired) electrons. The molecule has 2 fully saturated rings. The number of benzene rings is 2. The molecule has 5 rings (SSSR count). The van der Waals surface area contributed by atoms with E-state index in [0.717, 1.165) is 17.6 Å². The Bertz CT molecular complexity index is 911. The zero-order chi connectivity index (χ0) is 17.0. The molecule has 1 saturated heterocycles. The Hall–Kier alpha value is -2.33. The van der Waals surface area contributed by atoms with Crippen LogP contribution in [0.4, 0.5) is 5.69 Å². The standard InChI is InChI=1S/C21H24N4/c1-14-2-4-15(5-3-14)12-24-13-16-6-8-20(24)21(16)25-19-9-7-18(22)10-17(19)11-23-25/h2-5,7,9-11,16,20-21H,6,8,12-13,22H2,1H3. The molecule has 0 amide bonds. The summed E-state index contributed by atoms with van der Waals surface area (Å²) in [5, 5.41) is 5.90. The van der Waals surface area contributed by atoms with E-state index in [1.165, 1.54) is 36.0 Å². The third-order valence-electron chi connectivity index (χ3n) is 6.06. The van der Waals surface area contributed by atoms with E-state index in [-0.39, 0.29) is 0 Å². The van der Waals surface area contributed by atoms with Crippen molar-refractivity contribution in [1.82, 2.24) is 14.7 Å². The summed E-state index contributed by atoms with van der Waals surface area (Å²) in [5.41, 5.74) is 10.7. The third-order valence-corrected chi connectivity index (χ3v) is 6.06. The van der Waals surface area contributed by atoms with Gasteiger partial charge < -0.3 is 5.73 Å². The maximum Gasteiger partial charge on any atom is 0.0722 e. The molecular weight excluding hydrogens is 308 g/mol. The van der Waals surface area contributed by atoms with Gasteiger partial charge in [-0.3, -0.25) is 9.58 Å². The monoisotopic (exact) mass is 332 g/mol. The minimum atomic E-state index is 0.492. The van der Waals surface area contributed by atoms with Crippen LogP contribution in [0.2, 0.25) is 0 Å². The van der Waals surface area contributed by atoms with Gasteiger partial charge in [-0.25, -0.2) is 0 Å². The number of rotatable bonds is 3. The van der Waals surface area contributed by atoms with Crippen molar-refractivity contribution in [3.05, 3.63) is 59.8 Å². The lowest BCUT2D eigenvalue weighted by Gasteiger charge is -2.27. The quantitative estimate of drug-likeness (QED) is 0.743. The van der Waals surface area contributed by atoms with E-state index in [9.17, 15) is 0 Å². The zero-order valence-electron chi connectivity index (χ0n) is 14.6. The Kier molecular flexibility index (Phi) is 3.35. The van der Waals surface area contributed by atoms with Crippen LogP contribution in [0.1, 0.15) is 30.0 Å². The summed E-state index contributed by atoms with van der Waals surface area (Å²) in [7, 11) is 0. The number of piperidine rings is 1. The Morgan fingerprint density at radius 2 is 1.96 bits per heavy atom. The lowest BCUT2D eigenvalue weighted by molar-refractivity contribution is 0.197. The van der Waals surface area contributed by atoms with Crippen LogP contribution in [0.25, 0.3) is 10.9 Å². The highest BCUT2D eigenvalue weighted by Crippen LogP contribution is 2.47. The number of fused-ring (bicyclic) bond motifs is 3. The Morgan fingerprint density at radius 3 is 2.80 bits per heavy atom. The Labute approximate surface area is 148 Å². The normalized spacial score (nSPS) is 25.9. The van der Waals surface area contributed by atoms with Gasteiger partial charge in [0.05, 0.1) is 17.8 Å². The molecule has 25 heavy (non-hydrogen) atoms. The molecular formula is C21H24N4. The summed E-state index contributed by atoms with van der Waals surface area (Å²) < 4.78 is 2.27. The van der Waals surface area contributed by atoms with E-state index < -0.39 is 0 Å². The van der Waals surface area contributed by atoms with Crippen LogP contribution in [0.15, 0.2) is 48.7 Å². The molecule has 2 aliphatic rings. The van der Waals surface area contributed by atoms with E-state index in [4.69, 9.17) is 10.8 Å². The molecule has 4 heteroatoms. The molecule has 3 unspecified atom stereocenters. The van der Waals surface area contributed by atoms with E-state index in [0.29, 0.717) is 18.0 Å². The Morgan fingerprint density at radius 1 is 1.12 bits per heavy atom. The number of nitrogen functional groups attached to an aromatic ring is 1. The van der Waals surface area contributed by atoms with Gasteiger partial charge in [0, 0.05) is 30.2 Å². The van der Waals surface area contributed by atoms with Crippen molar-refractivity contribution < 1.29 is 0 Å². The molecule has 0 spiro atoms. The molecule has 1 aliphatic carbocycles. The highest BCUT2D eigenvalue weighted by Gasteiger charge is 2.48. The molecule has 128 valence electrons. The van der Waals surface area contributed by atoms with Gasteiger partial charge in [-0.05, 0) is 49.4 Å². The highest BCUT2D eigenvalue weighted by atomic mass is 15.4. The van der Waals surface area contributed by atoms with Crippen molar-refractivity contribution in [3.8, 4) is 0 Å². The van der Waals surface area contributed by atoms with Gasteiger partial charge >= 0.3 is 0 Å². The van der Waals surface area contributed by atoms with Crippen LogP contribution in [0, 0.1) is 12.8 Å². The summed E-state index contributed by atoms with van der Waals surface area (Å²) >= 11 is 0. The maximum atomic E-state index is 5.93. The second-order valence-corrected chi connectivity index (χ2v) is 7.72. The second kappa shape index (κ2) is 5.60. The van der Waals surface area contributed by atoms with Gasteiger partial charge in [0.2, 0.25) is 0 Å². The van der Waals surface area contributed by atoms with Crippen LogP contribution < -0.4 is 5.73 Å². The number of likely N-dealkylation sites (tertiary alicyclic amines) is 1. The molecule has 1 aliphatic heterocycles. The fraction of sp³-hybridized carbons (Fsp3) is 0.381. The third kappa shape index (κ3) is 2.44. The number of aryl methyl sites for hydroxylation is 1. The number of anilines is 1. The lowest BCUT2D eigenvalue weighted by Crippen LogP contribution is -2.33. The molecule has 3 aromatic rings. The number of nitrogens with zero attached hydrogens (tertiary/aromatic N) is 3. The van der Waals surface area contributed by atoms with Gasteiger partial charge in [-0.2, -0.15) is 5.10 Å². The van der Waals surface area contributed by atoms with E-state index >= 15 is 0 Å². The van der Waals surface area contributed by atoms with Gasteiger partial charge in [0.15, 0.2) is 0 Å². The van der Waals surface area contributed by atoms with Crippen molar-refractivity contribution in [3.63, 3.8) is 0 Å². The predicted molar refractivity (Wildman–Crippen MR) is 101 cm³/mol. The first kappa shape index (κ1) is 15.0. The minimum Gasteiger partial charge on any atom is -0.399 e. The number of nitrogens with two attached hydrogens (primary N) is 1. The molecule has 1 aromatic heterocycles. The van der Waals surface area contributed by atoms with Crippen molar-refractivity contribution in [2.45, 2.75) is 38.4 Å². The predicted octanol–water partition coefficient (Wildman–Crippen LogP) is 3.76. The topological polar surface area (TPSA) is 47.1 Å². The molecule has 1 saturated carbocycles. The summed E-state index contributed by atoms with van der Waals surface area (Å²) in [5.74, 6) is 0.705. The first-order chi connectivity index (χ1) is 12.2. The van der Waals surface area contributed by atoms with E-state index in [2.05, 4.69) is 46.8 Å². The van der Waals surface area contributed by atoms with Gasteiger partial charge in [0.1, 0.15) is 0 Å². The molecule has 3 atom stereocenters. The minimum absolute atomic E-state index is 0.492. The molecule has 2 N–H and O–H groups in total. The fourth-order valence-electron chi connectivity index (χ4n) is 4.86. The molecule has 2 heterocycles. The van der Waals surface area contributed by atoms with Gasteiger partial charge in [0.25, 0.3) is 0 Å². The molecule has 2 bridgehead atoms. The SMILES string of the molecule is Cc1ccc(CN2CC3CCC2C3n2ncc3cc(N)ccc32)cc1. The van der Waals surface area contributed by atoms with Crippen LogP contribution in [-0.4, -0.2) is 27.3 Å². The lowest BCUT2D eigenvalue weighted by atomic mass is 10.1. The fourth-order valence-corrected chi connectivity index (χ4v) is 4.86. The van der Waals surface area contributed by atoms with Gasteiger partial charge in [-0.15, -0.1) is 0 Å². The average Bonchev–Trinajstić information content (AvgIpc) is 3.28. The van der Waals surface area contributed by atoms with Crippen molar-refractivity contribution in [2.75, 3.05) is 12.3 Å². The smallest absolute Gasteiger partial charge is 0.0722 e. The van der Waals surface area contributed by atoms with Crippen LogP contribution in [0.3, 0.4) is 0 Å². The maximum absolute atomic E-state index is 5.93. The number of hydrogen-bond acceptors (Lipinski definition) is 3. The van der Waals surface area contributed by atoms with Gasteiger partial charge in [-0.1, -0.05) is 29.8 Å². The highest BCUT2D eigenvalue weighted by molar-refractivity contribution is 5.82. The number of aromatic nitrogens is 2. The average molecular weight is 332 g/mol. The van der Waals surface area contributed by atoms with Crippen LogP contribution >= 0.6 is 0 Å². The van der Waals surface area contributed by atoms with Crippen LogP contribution in [0.5, 0.6) is 0 Å². The summed E-state index contributed by atoms with van der Waals surface area (Å²) in [6, 6.07) is 16.2. The molecule has 4 nitrogen and oxygen atoms in total. The van der Waals surface area contributed by atoms with E-state index in [1.807, 2.05) is 18.3 Å².